The van der Waals surface area contributed by atoms with E-state index in [0.29, 0.717) is 13.1 Å². The molecule has 0 unspecified atom stereocenters. The van der Waals surface area contributed by atoms with Crippen LogP contribution in [0, 0.1) is 0 Å². The van der Waals surface area contributed by atoms with Gasteiger partial charge in [0, 0.05) is 48.4 Å². The standard InChI is InChI=1S/C26H28N4O3.2ClH.2H2O/c31-17-15-29-13-11-27-25(29)21-5-1-19(2-6-21)23-9-10-24(33-23)20-3-7-22(8-4-20)26-28-12-14-30(26)16-18-32;;;;/h1-10,31-32H,11-18H2;2*1H;2*1H2. The zero-order chi connectivity index (χ0) is 22.6. The molecule has 2 aliphatic rings. The highest BCUT2D eigenvalue weighted by Crippen LogP contribution is 2.29. The van der Waals surface area contributed by atoms with E-state index in [4.69, 9.17) is 4.42 Å². The maximum absolute atomic E-state index is 9.26. The summed E-state index contributed by atoms with van der Waals surface area (Å²) in [5, 5.41) is 18.5. The molecule has 2 aliphatic heterocycles. The average Bonchev–Trinajstić information content (AvgIpc) is 3.61. The Bertz CT molecular complexity index is 1080. The molecule has 202 valence electrons. The second kappa shape index (κ2) is 14.7. The summed E-state index contributed by atoms with van der Waals surface area (Å²) in [5.74, 6) is 3.52. The Labute approximate surface area is 228 Å². The first-order valence-electron chi connectivity index (χ1n) is 11.4. The summed E-state index contributed by atoms with van der Waals surface area (Å²) < 4.78 is 6.16. The van der Waals surface area contributed by atoms with Crippen LogP contribution in [0.4, 0.5) is 0 Å². The van der Waals surface area contributed by atoms with E-state index >= 15 is 0 Å². The first-order valence-corrected chi connectivity index (χ1v) is 11.4. The second-order valence-corrected chi connectivity index (χ2v) is 8.15. The summed E-state index contributed by atoms with van der Waals surface area (Å²) >= 11 is 0. The molecule has 37 heavy (non-hydrogen) atoms. The third kappa shape index (κ3) is 6.89. The fraction of sp³-hybridized carbons (Fsp3) is 0.308. The Kier molecular flexibility index (Phi) is 12.8. The molecular formula is C26H34Cl2N4O5. The number of rotatable bonds is 8. The van der Waals surface area contributed by atoms with Crippen molar-refractivity contribution >= 4 is 36.5 Å². The molecule has 0 saturated heterocycles. The van der Waals surface area contributed by atoms with Crippen LogP contribution in [0.1, 0.15) is 11.1 Å². The number of hydrogen-bond donors (Lipinski definition) is 2. The van der Waals surface area contributed by atoms with Crippen molar-refractivity contribution in [2.75, 3.05) is 52.5 Å². The van der Waals surface area contributed by atoms with Crippen molar-refractivity contribution in [2.45, 2.75) is 0 Å². The molecule has 0 radical (unpaired) electrons. The van der Waals surface area contributed by atoms with Crippen molar-refractivity contribution in [1.82, 2.24) is 9.80 Å². The molecule has 0 atom stereocenters. The molecule has 0 fully saturated rings. The predicted octanol–water partition coefficient (Wildman–Crippen LogP) is 1.92. The van der Waals surface area contributed by atoms with Crippen molar-refractivity contribution < 1.29 is 25.6 Å². The van der Waals surface area contributed by atoms with Gasteiger partial charge in [-0.25, -0.2) is 0 Å². The van der Waals surface area contributed by atoms with Crippen molar-refractivity contribution in [3.8, 4) is 22.6 Å². The number of halogens is 2. The topological polar surface area (TPSA) is 148 Å². The molecule has 0 aliphatic carbocycles. The lowest BCUT2D eigenvalue weighted by Crippen LogP contribution is -2.31. The SMILES string of the molecule is Cl.Cl.O.O.OCCN1CCN=C1c1ccc(-c2ccc(-c3ccc(C4=NCCN4CCO)cc3)o2)cc1. The maximum atomic E-state index is 9.26. The lowest BCUT2D eigenvalue weighted by molar-refractivity contribution is 0.256. The molecular weight excluding hydrogens is 519 g/mol. The van der Waals surface area contributed by atoms with Gasteiger partial charge in [-0.2, -0.15) is 0 Å². The number of aliphatic hydroxyl groups is 2. The Morgan fingerprint density at radius 1 is 0.595 bits per heavy atom. The molecule has 0 saturated carbocycles. The zero-order valence-corrected chi connectivity index (χ0v) is 22.0. The Morgan fingerprint density at radius 3 is 1.30 bits per heavy atom. The van der Waals surface area contributed by atoms with Crippen LogP contribution in [0.2, 0.25) is 0 Å². The average molecular weight is 553 g/mol. The van der Waals surface area contributed by atoms with Gasteiger partial charge in [-0.05, 0) is 12.1 Å². The largest absolute Gasteiger partial charge is 0.456 e. The maximum Gasteiger partial charge on any atom is 0.134 e. The second-order valence-electron chi connectivity index (χ2n) is 8.15. The van der Waals surface area contributed by atoms with E-state index in [1.165, 1.54) is 0 Å². The van der Waals surface area contributed by atoms with Crippen LogP contribution in [0.25, 0.3) is 22.6 Å². The number of furan rings is 1. The molecule has 6 N–H and O–H groups in total. The molecule has 0 amide bonds. The van der Waals surface area contributed by atoms with Gasteiger partial charge in [-0.15, -0.1) is 24.8 Å². The summed E-state index contributed by atoms with van der Waals surface area (Å²) in [7, 11) is 0. The van der Waals surface area contributed by atoms with Crippen LogP contribution in [-0.2, 0) is 0 Å². The summed E-state index contributed by atoms with van der Waals surface area (Å²) in [6.45, 7) is 4.70. The minimum atomic E-state index is 0. The van der Waals surface area contributed by atoms with Gasteiger partial charge >= 0.3 is 0 Å². The highest BCUT2D eigenvalue weighted by atomic mass is 35.5. The van der Waals surface area contributed by atoms with Gasteiger partial charge < -0.3 is 35.4 Å². The highest BCUT2D eigenvalue weighted by molar-refractivity contribution is 6.00. The molecule has 0 spiro atoms. The minimum absolute atomic E-state index is 0. The predicted molar refractivity (Wildman–Crippen MR) is 151 cm³/mol. The van der Waals surface area contributed by atoms with Crippen molar-refractivity contribution in [3.05, 3.63) is 71.8 Å². The molecule has 3 aromatic rings. The third-order valence-electron chi connectivity index (χ3n) is 6.06. The van der Waals surface area contributed by atoms with E-state index in [1.807, 2.05) is 36.4 Å². The smallest absolute Gasteiger partial charge is 0.134 e. The van der Waals surface area contributed by atoms with Crippen LogP contribution in [0.5, 0.6) is 0 Å². The Morgan fingerprint density at radius 2 is 0.946 bits per heavy atom. The molecule has 3 heterocycles. The first-order chi connectivity index (χ1) is 16.3. The number of nitrogens with zero attached hydrogens (tertiary/aromatic N) is 4. The molecule has 2 aromatic carbocycles. The summed E-state index contributed by atoms with van der Waals surface area (Å²) in [6, 6.07) is 20.4. The molecule has 11 heteroatoms. The first kappa shape index (κ1) is 32.1. The number of benzene rings is 2. The van der Waals surface area contributed by atoms with Gasteiger partial charge in [0.2, 0.25) is 0 Å². The van der Waals surface area contributed by atoms with E-state index in [0.717, 1.165) is 71.6 Å². The van der Waals surface area contributed by atoms with Crippen molar-refractivity contribution in [3.63, 3.8) is 0 Å². The number of aliphatic imine (C=N–C) groups is 2. The van der Waals surface area contributed by atoms with Crippen molar-refractivity contribution in [1.29, 1.82) is 0 Å². The monoisotopic (exact) mass is 552 g/mol. The van der Waals surface area contributed by atoms with Crippen LogP contribution in [-0.4, -0.2) is 95.1 Å². The van der Waals surface area contributed by atoms with E-state index in [-0.39, 0.29) is 49.0 Å². The van der Waals surface area contributed by atoms with E-state index in [1.54, 1.807) is 0 Å². The third-order valence-corrected chi connectivity index (χ3v) is 6.06. The van der Waals surface area contributed by atoms with Crippen LogP contribution in [0.15, 0.2) is 75.1 Å². The van der Waals surface area contributed by atoms with Crippen LogP contribution >= 0.6 is 24.8 Å². The lowest BCUT2D eigenvalue weighted by atomic mass is 10.1. The Balaban J connectivity index is 0.00000171. The molecule has 1 aromatic heterocycles. The van der Waals surface area contributed by atoms with Crippen LogP contribution < -0.4 is 0 Å². The van der Waals surface area contributed by atoms with E-state index in [9.17, 15) is 10.2 Å². The van der Waals surface area contributed by atoms with Gasteiger partial charge in [-0.1, -0.05) is 48.5 Å². The fourth-order valence-electron chi connectivity index (χ4n) is 4.40. The highest BCUT2D eigenvalue weighted by Gasteiger charge is 2.19. The lowest BCUT2D eigenvalue weighted by Gasteiger charge is -2.19. The number of aliphatic hydroxyl groups excluding tert-OH is 2. The molecule has 5 rings (SSSR count). The quantitative estimate of drug-likeness (QED) is 0.437. The van der Waals surface area contributed by atoms with E-state index in [2.05, 4.69) is 44.1 Å². The van der Waals surface area contributed by atoms with Gasteiger partial charge in [0.15, 0.2) is 0 Å². The van der Waals surface area contributed by atoms with Gasteiger partial charge in [0.05, 0.1) is 26.3 Å². The summed E-state index contributed by atoms with van der Waals surface area (Å²) in [5.41, 5.74) is 4.12. The van der Waals surface area contributed by atoms with Crippen LogP contribution in [0.3, 0.4) is 0 Å². The Hall–Kier alpha value is -2.92. The molecule has 9 nitrogen and oxygen atoms in total. The normalized spacial score (nSPS) is 14.1. The van der Waals surface area contributed by atoms with Gasteiger partial charge in [-0.3, -0.25) is 9.98 Å². The zero-order valence-electron chi connectivity index (χ0n) is 20.3. The molecule has 0 bridgehead atoms. The number of β-amino-alcohol motifs (C(OH)–C–C–N with tert-alkyl or cyclic N) is 2. The van der Waals surface area contributed by atoms with Gasteiger partial charge in [0.25, 0.3) is 0 Å². The van der Waals surface area contributed by atoms with Gasteiger partial charge in [0.1, 0.15) is 23.2 Å². The van der Waals surface area contributed by atoms with E-state index < -0.39 is 0 Å². The fourth-order valence-corrected chi connectivity index (χ4v) is 4.40. The minimum Gasteiger partial charge on any atom is -0.456 e. The number of hydrogen-bond acceptors (Lipinski definition) is 7. The summed E-state index contributed by atoms with van der Waals surface area (Å²) in [4.78, 5) is 13.4. The summed E-state index contributed by atoms with van der Waals surface area (Å²) in [6.07, 6.45) is 0. The van der Waals surface area contributed by atoms with Crippen molar-refractivity contribution in [2.24, 2.45) is 9.98 Å². The number of amidine groups is 2.